The Morgan fingerprint density at radius 3 is 2.22 bits per heavy atom. The summed E-state index contributed by atoms with van der Waals surface area (Å²) in [5.74, 6) is -3.09. The fourth-order valence-electron chi connectivity index (χ4n) is 0.924. The Morgan fingerprint density at radius 2 is 1.78 bits per heavy atom. The number of anilines is 2. The van der Waals surface area contributed by atoms with Gasteiger partial charge in [-0.1, -0.05) is 0 Å². The lowest BCUT2D eigenvalue weighted by Crippen LogP contribution is -2.30. The molecule has 1 aromatic heterocycles. The van der Waals surface area contributed by atoms with Crippen molar-refractivity contribution in [1.82, 2.24) is 4.98 Å². The molecule has 0 fully saturated rings. The second-order valence-electron chi connectivity index (χ2n) is 3.11. The minimum atomic E-state index is -5.24. The van der Waals surface area contributed by atoms with Crippen molar-refractivity contribution < 1.29 is 31.1 Å². The maximum absolute atomic E-state index is 12.3. The quantitative estimate of drug-likeness (QED) is 0.770. The van der Waals surface area contributed by atoms with Crippen LogP contribution in [0.5, 0.6) is 0 Å². The van der Waals surface area contributed by atoms with Gasteiger partial charge < -0.3 is 11.1 Å². The van der Waals surface area contributed by atoms with Gasteiger partial charge in [0.1, 0.15) is 5.82 Å². The molecule has 0 aromatic carbocycles. The van der Waals surface area contributed by atoms with Gasteiger partial charge in [-0.2, -0.15) is 26.3 Å². The van der Waals surface area contributed by atoms with E-state index in [9.17, 15) is 31.1 Å². The highest BCUT2D eigenvalue weighted by Crippen LogP contribution is 2.32. The zero-order chi connectivity index (χ0) is 14.1. The zero-order valence-corrected chi connectivity index (χ0v) is 8.36. The van der Waals surface area contributed by atoms with Gasteiger partial charge in [0.25, 0.3) is 0 Å². The second kappa shape index (κ2) is 4.35. The maximum atomic E-state index is 12.3. The summed E-state index contributed by atoms with van der Waals surface area (Å²) < 4.78 is 72.5. The van der Waals surface area contributed by atoms with E-state index in [1.54, 1.807) is 0 Å². The molecule has 1 aromatic rings. The molecule has 0 saturated carbocycles. The maximum Gasteiger partial charge on any atom is 0.471 e. The fraction of sp³-hybridized carbons (Fsp3) is 0.250. The van der Waals surface area contributed by atoms with Crippen molar-refractivity contribution >= 4 is 17.4 Å². The largest absolute Gasteiger partial charge is 0.471 e. The van der Waals surface area contributed by atoms with E-state index in [-0.39, 0.29) is 6.07 Å². The van der Waals surface area contributed by atoms with Crippen LogP contribution in [0.1, 0.15) is 5.56 Å². The summed E-state index contributed by atoms with van der Waals surface area (Å²) in [6.07, 6.45) is -9.70. The van der Waals surface area contributed by atoms with Crippen molar-refractivity contribution in [3.8, 4) is 0 Å². The minimum absolute atomic E-state index is 0.270. The van der Waals surface area contributed by atoms with E-state index in [0.29, 0.717) is 6.20 Å². The van der Waals surface area contributed by atoms with E-state index >= 15 is 0 Å². The van der Waals surface area contributed by atoms with Crippen LogP contribution in [0.2, 0.25) is 0 Å². The fourth-order valence-corrected chi connectivity index (χ4v) is 0.924. The highest BCUT2D eigenvalue weighted by molar-refractivity contribution is 5.96. The molecular weight excluding hydrogens is 268 g/mol. The van der Waals surface area contributed by atoms with Crippen LogP contribution in [-0.4, -0.2) is 17.1 Å². The lowest BCUT2D eigenvalue weighted by molar-refractivity contribution is -0.167. The number of amides is 1. The lowest BCUT2D eigenvalue weighted by atomic mass is 10.2. The Balaban J connectivity index is 3.06. The molecule has 18 heavy (non-hydrogen) atoms. The third-order valence-electron chi connectivity index (χ3n) is 1.75. The smallest absolute Gasteiger partial charge is 0.382 e. The number of rotatable bonds is 1. The highest BCUT2D eigenvalue weighted by atomic mass is 19.4. The first-order chi connectivity index (χ1) is 8.01. The number of alkyl halides is 6. The molecule has 0 saturated heterocycles. The van der Waals surface area contributed by atoms with E-state index in [1.807, 2.05) is 0 Å². The first-order valence-electron chi connectivity index (χ1n) is 4.22. The van der Waals surface area contributed by atoms with Gasteiger partial charge in [0.2, 0.25) is 0 Å². The van der Waals surface area contributed by atoms with Crippen LogP contribution in [0, 0.1) is 0 Å². The number of halogens is 6. The van der Waals surface area contributed by atoms with Crippen LogP contribution >= 0.6 is 0 Å². The molecule has 0 aliphatic rings. The molecule has 10 heteroatoms. The molecule has 4 nitrogen and oxygen atoms in total. The van der Waals surface area contributed by atoms with Crippen molar-refractivity contribution in [2.75, 3.05) is 11.1 Å². The monoisotopic (exact) mass is 273 g/mol. The van der Waals surface area contributed by atoms with E-state index in [1.165, 1.54) is 5.32 Å². The third kappa shape index (κ3) is 3.25. The van der Waals surface area contributed by atoms with Crippen LogP contribution in [0.25, 0.3) is 0 Å². The molecule has 0 bridgehead atoms. The molecule has 1 amide bonds. The SMILES string of the molecule is Nc1ncc(C(F)(F)F)cc1NC(=O)C(F)(F)F. The van der Waals surface area contributed by atoms with Crippen LogP contribution in [-0.2, 0) is 11.0 Å². The van der Waals surface area contributed by atoms with Crippen molar-refractivity contribution in [3.63, 3.8) is 0 Å². The molecule has 1 heterocycles. The molecule has 0 spiro atoms. The normalized spacial score (nSPS) is 12.3. The molecule has 0 atom stereocenters. The molecule has 1 rings (SSSR count). The summed E-state index contributed by atoms with van der Waals surface area (Å²) in [5.41, 5.74) is 2.88. The summed E-state index contributed by atoms with van der Waals surface area (Å²) in [5, 5.41) is 1.21. The summed E-state index contributed by atoms with van der Waals surface area (Å²) in [6.45, 7) is 0. The van der Waals surface area contributed by atoms with Gasteiger partial charge in [-0.25, -0.2) is 4.98 Å². The van der Waals surface area contributed by atoms with Crippen molar-refractivity contribution in [2.45, 2.75) is 12.4 Å². The summed E-state index contributed by atoms with van der Waals surface area (Å²) in [4.78, 5) is 13.6. The molecule has 0 unspecified atom stereocenters. The van der Waals surface area contributed by atoms with Gasteiger partial charge >= 0.3 is 18.3 Å². The van der Waals surface area contributed by atoms with Crippen molar-refractivity contribution in [2.24, 2.45) is 0 Å². The lowest BCUT2D eigenvalue weighted by Gasteiger charge is -2.12. The van der Waals surface area contributed by atoms with Crippen molar-refractivity contribution in [1.29, 1.82) is 0 Å². The number of hydrogen-bond acceptors (Lipinski definition) is 3. The van der Waals surface area contributed by atoms with E-state index in [4.69, 9.17) is 5.73 Å². The van der Waals surface area contributed by atoms with E-state index < -0.39 is 35.3 Å². The number of pyridine rings is 1. The molecule has 0 aliphatic carbocycles. The van der Waals surface area contributed by atoms with Crippen LogP contribution in [0.15, 0.2) is 12.3 Å². The molecule has 3 N–H and O–H groups in total. The second-order valence-corrected chi connectivity index (χ2v) is 3.11. The first kappa shape index (κ1) is 14.1. The van der Waals surface area contributed by atoms with Gasteiger partial charge in [0, 0.05) is 6.20 Å². The average Bonchev–Trinajstić information content (AvgIpc) is 2.18. The zero-order valence-electron chi connectivity index (χ0n) is 8.36. The number of carbonyl (C=O) groups excluding carboxylic acids is 1. The number of nitrogens with one attached hydrogen (secondary N) is 1. The molecular formula is C8H5F6N3O. The Labute approximate surface area is 95.8 Å². The topological polar surface area (TPSA) is 68.0 Å². The first-order valence-corrected chi connectivity index (χ1v) is 4.22. The highest BCUT2D eigenvalue weighted by Gasteiger charge is 2.39. The number of carbonyl (C=O) groups is 1. The Bertz CT molecular complexity index is 467. The standard InChI is InChI=1S/C8H5F6N3O/c9-7(10,11)3-1-4(5(15)16-2-3)17-6(18)8(12,13)14/h1-2H,(H2,15,16)(H,17,18). The van der Waals surface area contributed by atoms with Gasteiger partial charge in [-0.15, -0.1) is 0 Å². The number of nitrogen functional groups attached to an aromatic ring is 1. The van der Waals surface area contributed by atoms with Gasteiger partial charge in [-0.3, -0.25) is 4.79 Å². The Kier molecular flexibility index (Phi) is 3.40. The number of nitrogens with zero attached hydrogens (tertiary/aromatic N) is 1. The summed E-state index contributed by atoms with van der Waals surface area (Å²) in [7, 11) is 0. The van der Waals surface area contributed by atoms with Crippen molar-refractivity contribution in [3.05, 3.63) is 17.8 Å². The van der Waals surface area contributed by atoms with Crippen LogP contribution in [0.4, 0.5) is 37.8 Å². The van der Waals surface area contributed by atoms with Gasteiger partial charge in [-0.05, 0) is 6.07 Å². The average molecular weight is 273 g/mol. The van der Waals surface area contributed by atoms with Crippen LogP contribution in [0.3, 0.4) is 0 Å². The van der Waals surface area contributed by atoms with Gasteiger partial charge in [0.15, 0.2) is 0 Å². The predicted octanol–water partition coefficient (Wildman–Crippen LogP) is 2.18. The number of hydrogen-bond donors (Lipinski definition) is 2. The summed E-state index contributed by atoms with van der Waals surface area (Å²) in [6, 6.07) is 0.270. The molecule has 100 valence electrons. The Morgan fingerprint density at radius 1 is 1.22 bits per heavy atom. The van der Waals surface area contributed by atoms with E-state index in [2.05, 4.69) is 4.98 Å². The molecule has 0 aliphatic heterocycles. The minimum Gasteiger partial charge on any atom is -0.382 e. The van der Waals surface area contributed by atoms with Crippen LogP contribution < -0.4 is 11.1 Å². The van der Waals surface area contributed by atoms with Gasteiger partial charge in [0.05, 0.1) is 11.3 Å². The summed E-state index contributed by atoms with van der Waals surface area (Å²) >= 11 is 0. The number of nitrogens with two attached hydrogens (primary N) is 1. The number of aromatic nitrogens is 1. The Hall–Kier alpha value is -2.00. The predicted molar refractivity (Wildman–Crippen MR) is 48.3 cm³/mol. The van der Waals surface area contributed by atoms with E-state index in [0.717, 1.165) is 0 Å². The third-order valence-corrected chi connectivity index (χ3v) is 1.75. The molecule has 0 radical (unpaired) electrons.